The number of hydrogen-bond donors (Lipinski definition) is 1. The van der Waals surface area contributed by atoms with E-state index < -0.39 is 11.1 Å². The van der Waals surface area contributed by atoms with Gasteiger partial charge in [0.2, 0.25) is 0 Å². The molecule has 4 nitrogen and oxygen atoms in total. The van der Waals surface area contributed by atoms with E-state index in [0.29, 0.717) is 21.2 Å². The van der Waals surface area contributed by atoms with Crippen molar-refractivity contribution in [2.24, 2.45) is 0 Å². The molecule has 0 atom stereocenters. The quantitative estimate of drug-likeness (QED) is 0.665. The molecule has 0 spiro atoms. The van der Waals surface area contributed by atoms with Crippen LogP contribution in [0.5, 0.6) is 5.75 Å². The Hall–Kier alpha value is -1.66. The molecule has 1 aliphatic rings. The van der Waals surface area contributed by atoms with E-state index >= 15 is 0 Å². The molecular formula is C17H10Cl3NO3S. The molecule has 2 aromatic rings. The zero-order valence-electron chi connectivity index (χ0n) is 12.5. The molecule has 0 unspecified atom stereocenters. The number of imide groups is 1. The Morgan fingerprint density at radius 3 is 2.36 bits per heavy atom. The first kappa shape index (κ1) is 18.1. The van der Waals surface area contributed by atoms with Crippen molar-refractivity contribution >= 4 is 63.8 Å². The van der Waals surface area contributed by atoms with Crippen molar-refractivity contribution in [3.05, 3.63) is 67.5 Å². The number of amides is 2. The van der Waals surface area contributed by atoms with E-state index in [0.717, 1.165) is 16.7 Å². The fraction of sp³-hybridized carbons (Fsp3) is 0.0588. The third-order valence-electron chi connectivity index (χ3n) is 3.52. The van der Waals surface area contributed by atoms with Crippen molar-refractivity contribution in [3.63, 3.8) is 0 Å². The number of benzene rings is 2. The molecule has 0 aromatic heterocycles. The number of thioether (sulfide) groups is 1. The first-order valence-electron chi connectivity index (χ1n) is 7.03. The van der Waals surface area contributed by atoms with E-state index in [-0.39, 0.29) is 22.2 Å². The van der Waals surface area contributed by atoms with Gasteiger partial charge >= 0.3 is 0 Å². The van der Waals surface area contributed by atoms with E-state index in [1.165, 1.54) is 12.1 Å². The minimum absolute atomic E-state index is 0.00313. The van der Waals surface area contributed by atoms with E-state index in [4.69, 9.17) is 34.8 Å². The fourth-order valence-corrected chi connectivity index (χ4v) is 3.79. The Morgan fingerprint density at radius 1 is 1.04 bits per heavy atom. The van der Waals surface area contributed by atoms with E-state index in [9.17, 15) is 14.7 Å². The van der Waals surface area contributed by atoms with Gasteiger partial charge in [-0.1, -0.05) is 46.9 Å². The van der Waals surface area contributed by atoms with Gasteiger partial charge in [0.05, 0.1) is 16.5 Å². The molecule has 25 heavy (non-hydrogen) atoms. The average Bonchev–Trinajstić information content (AvgIpc) is 2.81. The summed E-state index contributed by atoms with van der Waals surface area (Å²) in [6.07, 6.45) is 1.55. The Morgan fingerprint density at radius 2 is 1.72 bits per heavy atom. The van der Waals surface area contributed by atoms with Crippen molar-refractivity contribution < 1.29 is 14.7 Å². The van der Waals surface area contributed by atoms with Crippen LogP contribution < -0.4 is 0 Å². The number of carbonyl (C=O) groups is 2. The van der Waals surface area contributed by atoms with E-state index in [2.05, 4.69) is 0 Å². The SMILES string of the molecule is O=C1S/C(=C/c2ccc(O)c(Cl)c2)C(=O)N1Cc1c(Cl)cccc1Cl. The van der Waals surface area contributed by atoms with Crippen LogP contribution in [0.4, 0.5) is 4.79 Å². The van der Waals surface area contributed by atoms with Crippen LogP contribution in [0.3, 0.4) is 0 Å². The zero-order chi connectivity index (χ0) is 18.1. The van der Waals surface area contributed by atoms with Crippen LogP contribution in [0.15, 0.2) is 41.3 Å². The summed E-state index contributed by atoms with van der Waals surface area (Å²) in [7, 11) is 0. The smallest absolute Gasteiger partial charge is 0.293 e. The molecule has 128 valence electrons. The summed E-state index contributed by atoms with van der Waals surface area (Å²) in [5, 5.41) is 9.98. The lowest BCUT2D eigenvalue weighted by Gasteiger charge is -2.14. The highest BCUT2D eigenvalue weighted by molar-refractivity contribution is 8.18. The molecule has 3 rings (SSSR count). The van der Waals surface area contributed by atoms with Gasteiger partial charge < -0.3 is 5.11 Å². The van der Waals surface area contributed by atoms with Crippen LogP contribution in [-0.2, 0) is 11.3 Å². The summed E-state index contributed by atoms with van der Waals surface area (Å²) in [6.45, 7) is -0.00313. The maximum atomic E-state index is 12.5. The molecule has 1 aliphatic heterocycles. The van der Waals surface area contributed by atoms with Crippen molar-refractivity contribution in [1.29, 1.82) is 0 Å². The normalized spacial score (nSPS) is 16.1. The summed E-state index contributed by atoms with van der Waals surface area (Å²) in [4.78, 5) is 26.1. The van der Waals surface area contributed by atoms with E-state index in [1.807, 2.05) is 0 Å². The van der Waals surface area contributed by atoms with Gasteiger partial charge in [-0.05, 0) is 47.7 Å². The van der Waals surface area contributed by atoms with Crippen molar-refractivity contribution in [3.8, 4) is 5.75 Å². The van der Waals surface area contributed by atoms with Crippen LogP contribution in [-0.4, -0.2) is 21.2 Å². The van der Waals surface area contributed by atoms with Gasteiger partial charge in [0.1, 0.15) is 5.75 Å². The lowest BCUT2D eigenvalue weighted by Crippen LogP contribution is -2.27. The first-order valence-corrected chi connectivity index (χ1v) is 8.98. The van der Waals surface area contributed by atoms with Gasteiger partial charge in [0.15, 0.2) is 0 Å². The molecular weight excluding hydrogens is 405 g/mol. The Labute approximate surface area is 163 Å². The summed E-state index contributed by atoms with van der Waals surface area (Å²) in [6, 6.07) is 9.51. The third-order valence-corrected chi connectivity index (χ3v) is 5.44. The van der Waals surface area contributed by atoms with Gasteiger partial charge in [-0.25, -0.2) is 0 Å². The summed E-state index contributed by atoms with van der Waals surface area (Å²) < 4.78 is 0. The molecule has 1 saturated heterocycles. The molecule has 2 amide bonds. The number of hydrogen-bond acceptors (Lipinski definition) is 4. The lowest BCUT2D eigenvalue weighted by atomic mass is 10.2. The number of phenolic OH excluding ortho intramolecular Hbond substituents is 1. The highest BCUT2D eigenvalue weighted by Gasteiger charge is 2.35. The van der Waals surface area contributed by atoms with Gasteiger partial charge in [0.25, 0.3) is 11.1 Å². The number of phenols is 1. The monoisotopic (exact) mass is 413 g/mol. The van der Waals surface area contributed by atoms with Crippen molar-refractivity contribution in [1.82, 2.24) is 4.90 Å². The van der Waals surface area contributed by atoms with Crippen LogP contribution in [0.1, 0.15) is 11.1 Å². The largest absolute Gasteiger partial charge is 0.506 e. The Kier molecular flexibility index (Phi) is 5.29. The summed E-state index contributed by atoms with van der Waals surface area (Å²) in [5.41, 5.74) is 1.12. The summed E-state index contributed by atoms with van der Waals surface area (Å²) >= 11 is 18.9. The molecule has 0 saturated carbocycles. The van der Waals surface area contributed by atoms with Crippen molar-refractivity contribution in [2.45, 2.75) is 6.54 Å². The average molecular weight is 415 g/mol. The molecule has 8 heteroatoms. The number of nitrogens with zero attached hydrogens (tertiary/aromatic N) is 1. The maximum absolute atomic E-state index is 12.5. The number of carbonyl (C=O) groups excluding carboxylic acids is 2. The molecule has 2 aromatic carbocycles. The highest BCUT2D eigenvalue weighted by Crippen LogP contribution is 2.36. The van der Waals surface area contributed by atoms with E-state index in [1.54, 1.807) is 30.3 Å². The van der Waals surface area contributed by atoms with Gasteiger partial charge in [-0.3, -0.25) is 14.5 Å². The Bertz CT molecular complexity index is 894. The van der Waals surface area contributed by atoms with Crippen LogP contribution in [0.25, 0.3) is 6.08 Å². The second-order valence-electron chi connectivity index (χ2n) is 5.18. The minimum atomic E-state index is -0.435. The lowest BCUT2D eigenvalue weighted by molar-refractivity contribution is -0.123. The summed E-state index contributed by atoms with van der Waals surface area (Å²) in [5.74, 6) is -0.490. The second-order valence-corrected chi connectivity index (χ2v) is 7.39. The predicted molar refractivity (Wildman–Crippen MR) is 101 cm³/mol. The van der Waals surface area contributed by atoms with Crippen LogP contribution in [0.2, 0.25) is 15.1 Å². The third kappa shape index (κ3) is 3.80. The second kappa shape index (κ2) is 7.30. The molecule has 1 fully saturated rings. The maximum Gasteiger partial charge on any atom is 0.293 e. The number of halogens is 3. The molecule has 1 N–H and O–H groups in total. The van der Waals surface area contributed by atoms with Crippen LogP contribution >= 0.6 is 46.6 Å². The van der Waals surface area contributed by atoms with Gasteiger partial charge in [-0.15, -0.1) is 0 Å². The zero-order valence-corrected chi connectivity index (χ0v) is 15.6. The van der Waals surface area contributed by atoms with Gasteiger partial charge in [0, 0.05) is 15.6 Å². The molecule has 0 radical (unpaired) electrons. The fourth-order valence-electron chi connectivity index (χ4n) is 2.24. The Balaban J connectivity index is 1.87. The first-order chi connectivity index (χ1) is 11.9. The molecule has 0 aliphatic carbocycles. The number of rotatable bonds is 3. The van der Waals surface area contributed by atoms with Gasteiger partial charge in [-0.2, -0.15) is 0 Å². The standard InChI is InChI=1S/C17H10Cl3NO3S/c18-11-2-1-3-12(19)10(11)8-21-16(23)15(25-17(21)24)7-9-4-5-14(22)13(20)6-9/h1-7,22H,8H2/b15-7+. The highest BCUT2D eigenvalue weighted by atomic mass is 35.5. The topological polar surface area (TPSA) is 57.6 Å². The minimum Gasteiger partial charge on any atom is -0.506 e. The molecule has 0 bridgehead atoms. The molecule has 1 heterocycles. The number of aromatic hydroxyl groups is 1. The van der Waals surface area contributed by atoms with Crippen LogP contribution in [0, 0.1) is 0 Å². The predicted octanol–water partition coefficient (Wildman–Crippen LogP) is 5.59. The van der Waals surface area contributed by atoms with Crippen molar-refractivity contribution in [2.75, 3.05) is 0 Å².